The van der Waals surface area contributed by atoms with Crippen molar-refractivity contribution in [3.63, 3.8) is 0 Å². The number of carbonyl (C=O) groups excluding carboxylic acids is 1. The Balaban J connectivity index is 1.47. The van der Waals surface area contributed by atoms with Gasteiger partial charge in [-0.2, -0.15) is 0 Å². The van der Waals surface area contributed by atoms with Gasteiger partial charge in [-0.3, -0.25) is 14.9 Å². The number of thioether (sulfide) groups is 1. The number of para-hydroxylation sites is 1. The first-order valence-electron chi connectivity index (χ1n) is 11.4. The van der Waals surface area contributed by atoms with E-state index in [9.17, 15) is 9.59 Å². The van der Waals surface area contributed by atoms with Crippen molar-refractivity contribution in [2.24, 2.45) is 5.92 Å². The fourth-order valence-electron chi connectivity index (χ4n) is 3.35. The molecule has 180 valence electrons. The van der Waals surface area contributed by atoms with E-state index in [1.165, 1.54) is 34.8 Å². The standard InChI is InChI=1S/C26H31N3O3S2/c1-18(2)6-5-15-33-23-8-4-3-7-22(23)27-14-13-19-9-11-20(12-10-19)25(32)29-26-28-21(17-34-26)16-24(30)31/h3-4,7-12,17-18,27H,5-6,13-16H2,1-2H3,(H,30,31)(H,28,29,32). The third-order valence-corrected chi connectivity index (χ3v) is 7.09. The molecule has 3 rings (SSSR count). The fourth-order valence-corrected chi connectivity index (χ4v) is 5.05. The molecule has 0 spiro atoms. The van der Waals surface area contributed by atoms with Crippen LogP contribution in [0.15, 0.2) is 58.8 Å². The Morgan fingerprint density at radius 2 is 1.88 bits per heavy atom. The highest BCUT2D eigenvalue weighted by atomic mass is 32.2. The molecule has 0 radical (unpaired) electrons. The number of aliphatic carboxylic acids is 1. The van der Waals surface area contributed by atoms with Gasteiger partial charge in [-0.15, -0.1) is 23.1 Å². The zero-order chi connectivity index (χ0) is 24.3. The number of thiazole rings is 1. The van der Waals surface area contributed by atoms with Crippen LogP contribution in [0.3, 0.4) is 0 Å². The Morgan fingerprint density at radius 3 is 2.62 bits per heavy atom. The number of amides is 1. The molecule has 1 heterocycles. The highest BCUT2D eigenvalue weighted by Crippen LogP contribution is 2.28. The van der Waals surface area contributed by atoms with Gasteiger partial charge in [-0.25, -0.2) is 4.98 Å². The topological polar surface area (TPSA) is 91.3 Å². The molecule has 3 N–H and O–H groups in total. The van der Waals surface area contributed by atoms with Gasteiger partial charge in [-0.1, -0.05) is 44.5 Å². The zero-order valence-corrected chi connectivity index (χ0v) is 21.2. The molecule has 1 amide bonds. The van der Waals surface area contributed by atoms with Crippen LogP contribution in [0.25, 0.3) is 0 Å². The second kappa shape index (κ2) is 13.2. The van der Waals surface area contributed by atoms with Gasteiger partial charge in [0.25, 0.3) is 5.91 Å². The van der Waals surface area contributed by atoms with E-state index >= 15 is 0 Å². The van der Waals surface area contributed by atoms with Gasteiger partial charge in [0.05, 0.1) is 12.1 Å². The maximum atomic E-state index is 12.5. The SMILES string of the molecule is CC(C)CCCSc1ccccc1NCCc1ccc(C(=O)Nc2nc(CC(=O)O)cs2)cc1. The molecule has 6 nitrogen and oxygen atoms in total. The monoisotopic (exact) mass is 497 g/mol. The van der Waals surface area contributed by atoms with Crippen molar-refractivity contribution >= 4 is 45.8 Å². The molecule has 0 saturated heterocycles. The number of carboxylic acid groups (broad SMARTS) is 1. The van der Waals surface area contributed by atoms with Gasteiger partial charge in [0.1, 0.15) is 0 Å². The number of nitrogens with one attached hydrogen (secondary N) is 2. The summed E-state index contributed by atoms with van der Waals surface area (Å²) in [6.07, 6.45) is 3.17. The molecule has 1 aromatic heterocycles. The van der Waals surface area contributed by atoms with E-state index in [4.69, 9.17) is 5.11 Å². The molecule has 0 unspecified atom stereocenters. The maximum Gasteiger partial charge on any atom is 0.309 e. The number of aromatic nitrogens is 1. The number of rotatable bonds is 13. The van der Waals surface area contributed by atoms with Crippen LogP contribution in [0.1, 0.15) is 48.3 Å². The van der Waals surface area contributed by atoms with Crippen molar-refractivity contribution in [2.45, 2.75) is 44.4 Å². The smallest absolute Gasteiger partial charge is 0.309 e. The van der Waals surface area contributed by atoms with Crippen LogP contribution in [0.5, 0.6) is 0 Å². The first-order chi connectivity index (χ1) is 16.4. The van der Waals surface area contributed by atoms with Gasteiger partial charge in [0.2, 0.25) is 0 Å². The molecular formula is C26H31N3O3S2. The molecule has 0 aliphatic rings. The molecule has 0 aliphatic carbocycles. The van der Waals surface area contributed by atoms with Crippen molar-refractivity contribution in [1.29, 1.82) is 0 Å². The Hall–Kier alpha value is -2.84. The molecule has 0 saturated carbocycles. The van der Waals surface area contributed by atoms with Crippen LogP contribution in [-0.4, -0.2) is 34.3 Å². The van der Waals surface area contributed by atoms with Crippen LogP contribution >= 0.6 is 23.1 Å². The van der Waals surface area contributed by atoms with Gasteiger partial charge >= 0.3 is 5.97 Å². The first kappa shape index (κ1) is 25.8. The molecule has 0 fully saturated rings. The number of nitrogens with zero attached hydrogens (tertiary/aromatic N) is 1. The van der Waals surface area contributed by atoms with Crippen molar-refractivity contribution in [3.05, 3.63) is 70.7 Å². The van der Waals surface area contributed by atoms with Crippen LogP contribution in [-0.2, 0) is 17.6 Å². The lowest BCUT2D eigenvalue weighted by atomic mass is 10.1. The highest BCUT2D eigenvalue weighted by Gasteiger charge is 2.11. The van der Waals surface area contributed by atoms with Crippen molar-refractivity contribution in [1.82, 2.24) is 4.98 Å². The number of carbonyl (C=O) groups is 2. The van der Waals surface area contributed by atoms with E-state index < -0.39 is 5.97 Å². The van der Waals surface area contributed by atoms with Gasteiger partial charge < -0.3 is 10.4 Å². The molecule has 34 heavy (non-hydrogen) atoms. The molecular weight excluding hydrogens is 466 g/mol. The van der Waals surface area contributed by atoms with Crippen LogP contribution in [0.4, 0.5) is 10.8 Å². The summed E-state index contributed by atoms with van der Waals surface area (Å²) in [5, 5.41) is 17.2. The summed E-state index contributed by atoms with van der Waals surface area (Å²) >= 11 is 3.12. The van der Waals surface area contributed by atoms with E-state index in [0.29, 0.717) is 16.4 Å². The lowest BCUT2D eigenvalue weighted by molar-refractivity contribution is -0.136. The number of anilines is 2. The van der Waals surface area contributed by atoms with Crippen LogP contribution < -0.4 is 10.6 Å². The minimum absolute atomic E-state index is 0.156. The Kier molecular flexibility index (Phi) is 9.97. The summed E-state index contributed by atoms with van der Waals surface area (Å²) < 4.78 is 0. The largest absolute Gasteiger partial charge is 0.481 e. The summed E-state index contributed by atoms with van der Waals surface area (Å²) in [7, 11) is 0. The molecule has 0 atom stereocenters. The van der Waals surface area contributed by atoms with Crippen LogP contribution in [0, 0.1) is 5.92 Å². The average molecular weight is 498 g/mol. The van der Waals surface area contributed by atoms with E-state index in [2.05, 4.69) is 53.7 Å². The summed E-state index contributed by atoms with van der Waals surface area (Å²) in [4.78, 5) is 28.7. The van der Waals surface area contributed by atoms with Gasteiger partial charge in [0.15, 0.2) is 5.13 Å². The quantitative estimate of drug-likeness (QED) is 0.192. The van der Waals surface area contributed by atoms with Crippen molar-refractivity contribution < 1.29 is 14.7 Å². The molecule has 8 heteroatoms. The lowest BCUT2D eigenvalue weighted by Gasteiger charge is -2.12. The Bertz CT molecular complexity index is 1080. The minimum atomic E-state index is -0.947. The third kappa shape index (κ3) is 8.50. The summed E-state index contributed by atoms with van der Waals surface area (Å²) in [6.45, 7) is 5.33. The van der Waals surface area contributed by atoms with E-state index in [1.54, 1.807) is 17.5 Å². The Morgan fingerprint density at radius 1 is 1.12 bits per heavy atom. The fraction of sp³-hybridized carbons (Fsp3) is 0.346. The number of carboxylic acids is 1. The number of hydrogen-bond acceptors (Lipinski definition) is 6. The number of hydrogen-bond donors (Lipinski definition) is 3. The Labute approximate surface area is 209 Å². The van der Waals surface area contributed by atoms with Crippen LogP contribution in [0.2, 0.25) is 0 Å². The highest BCUT2D eigenvalue weighted by molar-refractivity contribution is 7.99. The second-order valence-electron chi connectivity index (χ2n) is 8.42. The van der Waals surface area contributed by atoms with Crippen molar-refractivity contribution in [2.75, 3.05) is 22.9 Å². The van der Waals surface area contributed by atoms with E-state index in [-0.39, 0.29) is 12.3 Å². The summed E-state index contributed by atoms with van der Waals surface area (Å²) in [5.41, 5.74) is 3.28. The predicted octanol–water partition coefficient (Wildman–Crippen LogP) is 6.21. The minimum Gasteiger partial charge on any atom is -0.481 e. The van der Waals surface area contributed by atoms with Crippen molar-refractivity contribution in [3.8, 4) is 0 Å². The van der Waals surface area contributed by atoms with E-state index in [0.717, 1.165) is 30.2 Å². The number of benzene rings is 2. The first-order valence-corrected chi connectivity index (χ1v) is 13.3. The molecule has 3 aromatic rings. The molecule has 0 bridgehead atoms. The summed E-state index contributed by atoms with van der Waals surface area (Å²) in [5.74, 6) is 0.666. The zero-order valence-electron chi connectivity index (χ0n) is 19.5. The third-order valence-electron chi connectivity index (χ3n) is 5.12. The van der Waals surface area contributed by atoms with Gasteiger partial charge in [0, 0.05) is 28.1 Å². The lowest BCUT2D eigenvalue weighted by Crippen LogP contribution is -2.12. The van der Waals surface area contributed by atoms with E-state index in [1.807, 2.05) is 23.9 Å². The normalized spacial score (nSPS) is 10.9. The summed E-state index contributed by atoms with van der Waals surface area (Å²) in [6, 6.07) is 16.0. The van der Waals surface area contributed by atoms with Gasteiger partial charge in [-0.05, 0) is 54.3 Å². The molecule has 2 aromatic carbocycles. The predicted molar refractivity (Wildman–Crippen MR) is 141 cm³/mol. The maximum absolute atomic E-state index is 12.5. The average Bonchev–Trinajstić information content (AvgIpc) is 3.23. The second-order valence-corrected chi connectivity index (χ2v) is 10.4. The molecule has 0 aliphatic heterocycles.